The minimum Gasteiger partial charge on any atom is -0.368 e. The van der Waals surface area contributed by atoms with Crippen molar-refractivity contribution < 1.29 is 4.79 Å². The van der Waals surface area contributed by atoms with Crippen LogP contribution in [0.2, 0.25) is 0 Å². The molecular weight excluding hydrogens is 348 g/mol. The van der Waals surface area contributed by atoms with Crippen molar-refractivity contribution in [3.05, 3.63) is 84.1 Å². The standard InChI is InChI=1S/C23H24N4O/c1-18-6-5-9-21(16-18)26-12-14-27(15-13-26)23(28)19-10-11-24-22(17-19)25-20-7-3-2-4-8-20/h2-11,16-17H,12-15H2,1H3,(H,24,25). The van der Waals surface area contributed by atoms with Crippen molar-refractivity contribution in [2.75, 3.05) is 36.4 Å². The van der Waals surface area contributed by atoms with E-state index in [9.17, 15) is 4.79 Å². The Kier molecular flexibility index (Phi) is 5.24. The van der Waals surface area contributed by atoms with Crippen LogP contribution in [0.4, 0.5) is 17.2 Å². The van der Waals surface area contributed by atoms with Crippen molar-refractivity contribution in [1.82, 2.24) is 9.88 Å². The van der Waals surface area contributed by atoms with Crippen molar-refractivity contribution in [2.45, 2.75) is 6.92 Å². The fourth-order valence-electron chi connectivity index (χ4n) is 3.48. The van der Waals surface area contributed by atoms with Crippen molar-refractivity contribution in [3.8, 4) is 0 Å². The molecule has 2 heterocycles. The number of carbonyl (C=O) groups excluding carboxylic acids is 1. The second-order valence-electron chi connectivity index (χ2n) is 7.04. The second kappa shape index (κ2) is 8.13. The maximum atomic E-state index is 13.0. The topological polar surface area (TPSA) is 48.5 Å². The van der Waals surface area contributed by atoms with Gasteiger partial charge in [0.1, 0.15) is 5.82 Å². The predicted octanol–water partition coefficient (Wildman–Crippen LogP) is 4.10. The lowest BCUT2D eigenvalue weighted by molar-refractivity contribution is 0.0746. The smallest absolute Gasteiger partial charge is 0.254 e. The first-order valence-electron chi connectivity index (χ1n) is 9.58. The number of para-hydroxylation sites is 1. The van der Waals surface area contributed by atoms with Gasteiger partial charge in [-0.1, -0.05) is 30.3 Å². The lowest BCUT2D eigenvalue weighted by Gasteiger charge is -2.36. The number of anilines is 3. The van der Waals surface area contributed by atoms with Crippen LogP contribution < -0.4 is 10.2 Å². The average molecular weight is 372 g/mol. The van der Waals surface area contributed by atoms with E-state index in [2.05, 4.69) is 46.4 Å². The highest BCUT2D eigenvalue weighted by Gasteiger charge is 2.22. The van der Waals surface area contributed by atoms with Gasteiger partial charge in [0.15, 0.2) is 0 Å². The van der Waals surface area contributed by atoms with E-state index in [1.807, 2.05) is 41.3 Å². The number of carbonyl (C=O) groups is 1. The van der Waals surface area contributed by atoms with E-state index in [0.717, 1.165) is 31.9 Å². The van der Waals surface area contributed by atoms with Crippen molar-refractivity contribution in [1.29, 1.82) is 0 Å². The maximum absolute atomic E-state index is 13.0. The number of pyridine rings is 1. The number of aromatic nitrogens is 1. The molecule has 1 aliphatic rings. The van der Waals surface area contributed by atoms with Gasteiger partial charge in [-0.15, -0.1) is 0 Å². The van der Waals surface area contributed by atoms with Gasteiger partial charge in [-0.3, -0.25) is 4.79 Å². The third-order valence-electron chi connectivity index (χ3n) is 4.99. The molecule has 0 atom stereocenters. The summed E-state index contributed by atoms with van der Waals surface area (Å²) >= 11 is 0. The fourth-order valence-corrected chi connectivity index (χ4v) is 3.48. The van der Waals surface area contributed by atoms with Gasteiger partial charge in [0, 0.05) is 49.3 Å². The first-order valence-corrected chi connectivity index (χ1v) is 9.58. The molecule has 0 spiro atoms. The van der Waals surface area contributed by atoms with Gasteiger partial charge in [-0.25, -0.2) is 4.98 Å². The number of hydrogen-bond donors (Lipinski definition) is 1. The molecule has 142 valence electrons. The first-order chi connectivity index (χ1) is 13.7. The summed E-state index contributed by atoms with van der Waals surface area (Å²) in [6, 6.07) is 22.0. The zero-order valence-corrected chi connectivity index (χ0v) is 16.0. The Morgan fingerprint density at radius 3 is 2.46 bits per heavy atom. The van der Waals surface area contributed by atoms with Gasteiger partial charge in [-0.2, -0.15) is 0 Å². The number of hydrogen-bond acceptors (Lipinski definition) is 4. The van der Waals surface area contributed by atoms with Crippen molar-refractivity contribution in [3.63, 3.8) is 0 Å². The van der Waals surface area contributed by atoms with Crippen LogP contribution in [-0.4, -0.2) is 42.0 Å². The summed E-state index contributed by atoms with van der Waals surface area (Å²) in [7, 11) is 0. The maximum Gasteiger partial charge on any atom is 0.254 e. The van der Waals surface area contributed by atoms with Crippen molar-refractivity contribution in [2.24, 2.45) is 0 Å². The molecule has 1 aromatic heterocycles. The van der Waals surface area contributed by atoms with E-state index in [1.54, 1.807) is 12.3 Å². The normalized spacial score (nSPS) is 14.0. The van der Waals surface area contributed by atoms with Gasteiger partial charge in [0.05, 0.1) is 0 Å². The molecule has 0 saturated carbocycles. The van der Waals surface area contributed by atoms with Gasteiger partial charge in [-0.05, 0) is 48.9 Å². The summed E-state index contributed by atoms with van der Waals surface area (Å²) in [6.45, 7) is 5.23. The summed E-state index contributed by atoms with van der Waals surface area (Å²) in [4.78, 5) is 21.5. The Hall–Kier alpha value is -3.34. The van der Waals surface area contributed by atoms with E-state index in [4.69, 9.17) is 0 Å². The van der Waals surface area contributed by atoms with Gasteiger partial charge in [0.2, 0.25) is 0 Å². The monoisotopic (exact) mass is 372 g/mol. The lowest BCUT2D eigenvalue weighted by atomic mass is 10.1. The number of benzene rings is 2. The Bertz CT molecular complexity index is 950. The van der Waals surface area contributed by atoms with Crippen molar-refractivity contribution >= 4 is 23.1 Å². The lowest BCUT2D eigenvalue weighted by Crippen LogP contribution is -2.48. The highest BCUT2D eigenvalue weighted by molar-refractivity contribution is 5.95. The molecule has 5 heteroatoms. The minimum atomic E-state index is 0.0578. The molecule has 2 aromatic carbocycles. The summed E-state index contributed by atoms with van der Waals surface area (Å²) < 4.78 is 0. The molecule has 0 radical (unpaired) electrons. The van der Waals surface area contributed by atoms with Crippen LogP contribution in [-0.2, 0) is 0 Å². The molecule has 1 amide bonds. The summed E-state index contributed by atoms with van der Waals surface area (Å²) in [5.74, 6) is 0.734. The molecule has 1 aliphatic heterocycles. The summed E-state index contributed by atoms with van der Waals surface area (Å²) in [5.41, 5.74) is 4.10. The first kappa shape index (κ1) is 18.0. The predicted molar refractivity (Wildman–Crippen MR) is 113 cm³/mol. The molecule has 1 saturated heterocycles. The zero-order chi connectivity index (χ0) is 19.3. The molecule has 3 aromatic rings. The number of rotatable bonds is 4. The van der Waals surface area contributed by atoms with Crippen LogP contribution >= 0.6 is 0 Å². The fraction of sp³-hybridized carbons (Fsp3) is 0.217. The average Bonchev–Trinajstić information content (AvgIpc) is 2.74. The highest BCUT2D eigenvalue weighted by Crippen LogP contribution is 2.20. The Morgan fingerprint density at radius 1 is 0.929 bits per heavy atom. The molecule has 1 N–H and O–H groups in total. The molecular formula is C23H24N4O. The Labute approximate surface area is 165 Å². The number of amides is 1. The van der Waals surface area contributed by atoms with Crippen LogP contribution in [0.1, 0.15) is 15.9 Å². The quantitative estimate of drug-likeness (QED) is 0.749. The molecule has 4 rings (SSSR count). The molecule has 5 nitrogen and oxygen atoms in total. The number of aryl methyl sites for hydroxylation is 1. The molecule has 0 unspecified atom stereocenters. The van der Waals surface area contributed by atoms with Crippen LogP contribution in [0.3, 0.4) is 0 Å². The van der Waals surface area contributed by atoms with Crippen LogP contribution in [0.15, 0.2) is 72.9 Å². The molecule has 0 aliphatic carbocycles. The molecule has 1 fully saturated rings. The SMILES string of the molecule is Cc1cccc(N2CCN(C(=O)c3ccnc(Nc4ccccc4)c3)CC2)c1. The number of piperazine rings is 1. The van der Waals surface area contributed by atoms with Gasteiger partial charge in [0.25, 0.3) is 5.91 Å². The molecule has 28 heavy (non-hydrogen) atoms. The Balaban J connectivity index is 1.41. The van der Waals surface area contributed by atoms with Crippen LogP contribution in [0, 0.1) is 6.92 Å². The summed E-state index contributed by atoms with van der Waals surface area (Å²) in [5, 5.41) is 3.25. The minimum absolute atomic E-state index is 0.0578. The van der Waals surface area contributed by atoms with E-state index >= 15 is 0 Å². The largest absolute Gasteiger partial charge is 0.368 e. The summed E-state index contributed by atoms with van der Waals surface area (Å²) in [6.07, 6.45) is 1.68. The van der Waals surface area contributed by atoms with Crippen LogP contribution in [0.25, 0.3) is 0 Å². The van der Waals surface area contributed by atoms with E-state index in [0.29, 0.717) is 11.4 Å². The van der Waals surface area contributed by atoms with E-state index < -0.39 is 0 Å². The number of nitrogens with one attached hydrogen (secondary N) is 1. The van der Waals surface area contributed by atoms with Gasteiger partial charge < -0.3 is 15.1 Å². The second-order valence-corrected chi connectivity index (χ2v) is 7.04. The molecule has 0 bridgehead atoms. The van der Waals surface area contributed by atoms with Gasteiger partial charge >= 0.3 is 0 Å². The van der Waals surface area contributed by atoms with E-state index in [1.165, 1.54) is 11.3 Å². The third kappa shape index (κ3) is 4.14. The Morgan fingerprint density at radius 2 is 1.71 bits per heavy atom. The zero-order valence-electron chi connectivity index (χ0n) is 16.0. The highest BCUT2D eigenvalue weighted by atomic mass is 16.2. The van der Waals surface area contributed by atoms with Crippen LogP contribution in [0.5, 0.6) is 0 Å². The number of nitrogens with zero attached hydrogens (tertiary/aromatic N) is 3. The third-order valence-corrected chi connectivity index (χ3v) is 4.99. The van der Waals surface area contributed by atoms with E-state index in [-0.39, 0.29) is 5.91 Å².